The van der Waals surface area contributed by atoms with E-state index in [2.05, 4.69) is 15.5 Å². The molecule has 3 rings (SSSR count). The van der Waals surface area contributed by atoms with E-state index in [-0.39, 0.29) is 23.4 Å². The third kappa shape index (κ3) is 4.20. The summed E-state index contributed by atoms with van der Waals surface area (Å²) < 4.78 is 19.5. The summed E-state index contributed by atoms with van der Waals surface area (Å²) in [5, 5.41) is 18.9. The topological polar surface area (TPSA) is 91.1 Å². The number of carbonyl (C=O) groups excluding carboxylic acids is 1. The number of nitriles is 1. The monoisotopic (exact) mass is 341 g/mol. The smallest absolute Gasteiger partial charge is 0.321 e. The fourth-order valence-corrected chi connectivity index (χ4v) is 2.59. The summed E-state index contributed by atoms with van der Waals surface area (Å²) in [6.45, 7) is 1.01. The Kier molecular flexibility index (Phi) is 5.04. The van der Waals surface area contributed by atoms with Crippen LogP contribution in [0.1, 0.15) is 18.4 Å². The molecular formula is C17H16FN5O2. The number of aromatic nitrogens is 2. The number of rotatable bonds is 3. The Balaban J connectivity index is 1.52. The van der Waals surface area contributed by atoms with E-state index in [0.717, 1.165) is 6.07 Å². The lowest BCUT2D eigenvalue weighted by molar-refractivity contribution is 0.112. The molecule has 1 aromatic heterocycles. The molecule has 0 unspecified atom stereocenters. The molecule has 7 nitrogen and oxygen atoms in total. The van der Waals surface area contributed by atoms with E-state index in [0.29, 0.717) is 31.6 Å². The quantitative estimate of drug-likeness (QED) is 0.926. The Bertz CT molecular complexity index is 785. The fourth-order valence-electron chi connectivity index (χ4n) is 2.59. The molecule has 1 N–H and O–H groups in total. The predicted molar refractivity (Wildman–Crippen MR) is 87.4 cm³/mol. The summed E-state index contributed by atoms with van der Waals surface area (Å²) in [5.74, 6) is -0.422. The molecule has 1 fully saturated rings. The van der Waals surface area contributed by atoms with Crippen LogP contribution in [0.4, 0.5) is 14.9 Å². The van der Waals surface area contributed by atoms with Crippen molar-refractivity contribution < 1.29 is 13.9 Å². The molecule has 1 saturated heterocycles. The Labute approximate surface area is 144 Å². The zero-order valence-electron chi connectivity index (χ0n) is 13.4. The van der Waals surface area contributed by atoms with Gasteiger partial charge in [-0.3, -0.25) is 0 Å². The van der Waals surface area contributed by atoms with Gasteiger partial charge in [0.1, 0.15) is 6.10 Å². The first-order valence-corrected chi connectivity index (χ1v) is 7.84. The molecule has 0 spiro atoms. The molecule has 0 bridgehead atoms. The van der Waals surface area contributed by atoms with Crippen molar-refractivity contribution in [3.63, 3.8) is 0 Å². The van der Waals surface area contributed by atoms with Crippen molar-refractivity contribution in [2.75, 3.05) is 18.4 Å². The number of hydrogen-bond acceptors (Lipinski definition) is 5. The summed E-state index contributed by atoms with van der Waals surface area (Å²) in [6, 6.07) is 7.46. The average molecular weight is 341 g/mol. The van der Waals surface area contributed by atoms with Gasteiger partial charge in [-0.05, 0) is 24.3 Å². The van der Waals surface area contributed by atoms with Crippen LogP contribution in [0.15, 0.2) is 36.7 Å². The van der Waals surface area contributed by atoms with Gasteiger partial charge in [-0.1, -0.05) is 0 Å². The third-order valence-electron chi connectivity index (χ3n) is 3.92. The number of benzene rings is 1. The van der Waals surface area contributed by atoms with Crippen molar-refractivity contribution in [1.82, 2.24) is 15.1 Å². The molecule has 0 saturated carbocycles. The van der Waals surface area contributed by atoms with E-state index >= 15 is 0 Å². The average Bonchev–Trinajstić information content (AvgIpc) is 2.64. The highest BCUT2D eigenvalue weighted by atomic mass is 19.1. The molecule has 25 heavy (non-hydrogen) atoms. The molecule has 1 aliphatic heterocycles. The van der Waals surface area contributed by atoms with Crippen LogP contribution >= 0.6 is 0 Å². The van der Waals surface area contributed by atoms with Gasteiger partial charge in [0.25, 0.3) is 0 Å². The molecule has 1 aliphatic rings. The van der Waals surface area contributed by atoms with Gasteiger partial charge < -0.3 is 15.0 Å². The molecular weight excluding hydrogens is 325 g/mol. The second kappa shape index (κ2) is 7.57. The van der Waals surface area contributed by atoms with E-state index in [9.17, 15) is 9.18 Å². The van der Waals surface area contributed by atoms with E-state index in [4.69, 9.17) is 10.00 Å². The van der Waals surface area contributed by atoms with Gasteiger partial charge in [0.2, 0.25) is 0 Å². The van der Waals surface area contributed by atoms with Gasteiger partial charge in [-0.15, -0.1) is 0 Å². The first kappa shape index (κ1) is 16.6. The van der Waals surface area contributed by atoms with E-state index in [1.807, 2.05) is 6.07 Å². The molecule has 8 heteroatoms. The predicted octanol–water partition coefficient (Wildman–Crippen LogP) is 2.56. The minimum atomic E-state index is -0.551. The number of anilines is 1. The van der Waals surface area contributed by atoms with Crippen molar-refractivity contribution in [2.45, 2.75) is 18.9 Å². The van der Waals surface area contributed by atoms with E-state index in [1.54, 1.807) is 11.0 Å². The third-order valence-corrected chi connectivity index (χ3v) is 3.92. The number of urea groups is 1. The maximum absolute atomic E-state index is 13.9. The maximum atomic E-state index is 13.9. The Hall–Kier alpha value is -3.21. The minimum Gasteiger partial charge on any atom is -0.487 e. The van der Waals surface area contributed by atoms with Crippen LogP contribution in [0.2, 0.25) is 0 Å². The Morgan fingerprint density at radius 3 is 2.76 bits per heavy atom. The van der Waals surface area contributed by atoms with Crippen molar-refractivity contribution in [2.24, 2.45) is 0 Å². The highest BCUT2D eigenvalue weighted by Crippen LogP contribution is 2.23. The molecule has 2 aromatic rings. The summed E-state index contributed by atoms with van der Waals surface area (Å²) in [4.78, 5) is 13.9. The Morgan fingerprint density at radius 1 is 1.32 bits per heavy atom. The maximum Gasteiger partial charge on any atom is 0.321 e. The molecule has 0 atom stereocenters. The van der Waals surface area contributed by atoms with Crippen LogP contribution in [0.5, 0.6) is 5.75 Å². The number of nitrogens with one attached hydrogen (secondary N) is 1. The highest BCUT2D eigenvalue weighted by molar-refractivity contribution is 5.89. The summed E-state index contributed by atoms with van der Waals surface area (Å²) in [6.07, 6.45) is 4.00. The van der Waals surface area contributed by atoms with E-state index in [1.165, 1.54) is 24.5 Å². The van der Waals surface area contributed by atoms with Crippen molar-refractivity contribution in [3.05, 3.63) is 48.0 Å². The van der Waals surface area contributed by atoms with Crippen LogP contribution in [0, 0.1) is 17.1 Å². The van der Waals surface area contributed by atoms with Crippen molar-refractivity contribution >= 4 is 11.7 Å². The van der Waals surface area contributed by atoms with Crippen LogP contribution in [0.3, 0.4) is 0 Å². The lowest BCUT2D eigenvalue weighted by Crippen LogP contribution is -2.43. The Morgan fingerprint density at radius 2 is 2.12 bits per heavy atom. The van der Waals surface area contributed by atoms with Gasteiger partial charge in [0.05, 0.1) is 29.7 Å². The van der Waals surface area contributed by atoms with Gasteiger partial charge in [-0.25, -0.2) is 9.18 Å². The van der Waals surface area contributed by atoms with E-state index < -0.39 is 5.82 Å². The number of hydrogen-bond donors (Lipinski definition) is 1. The molecule has 0 aliphatic carbocycles. The number of ether oxygens (including phenoxy) is 1. The van der Waals surface area contributed by atoms with Gasteiger partial charge in [-0.2, -0.15) is 15.5 Å². The second-order valence-corrected chi connectivity index (χ2v) is 5.62. The second-order valence-electron chi connectivity index (χ2n) is 5.62. The molecule has 2 heterocycles. The summed E-state index contributed by atoms with van der Waals surface area (Å²) in [5.41, 5.74) is 0.833. The number of nitrogens with zero attached hydrogens (tertiary/aromatic N) is 4. The van der Waals surface area contributed by atoms with Gasteiger partial charge >= 0.3 is 6.03 Å². The van der Waals surface area contributed by atoms with Crippen LogP contribution < -0.4 is 10.1 Å². The summed E-state index contributed by atoms with van der Waals surface area (Å²) in [7, 11) is 0. The first-order chi connectivity index (χ1) is 12.2. The number of likely N-dealkylation sites (tertiary alicyclic amines) is 1. The number of halogens is 1. The summed E-state index contributed by atoms with van der Waals surface area (Å²) >= 11 is 0. The van der Waals surface area contributed by atoms with Crippen LogP contribution in [0.25, 0.3) is 0 Å². The first-order valence-electron chi connectivity index (χ1n) is 7.84. The van der Waals surface area contributed by atoms with Crippen LogP contribution in [-0.2, 0) is 0 Å². The van der Waals surface area contributed by atoms with Crippen LogP contribution in [-0.4, -0.2) is 40.3 Å². The number of piperidine rings is 1. The van der Waals surface area contributed by atoms with Crippen molar-refractivity contribution in [3.8, 4) is 11.8 Å². The lowest BCUT2D eigenvalue weighted by atomic mass is 10.1. The SMILES string of the molecule is N#Cc1ccc(OC2CCN(C(=O)Nc3ccnnc3)CC2)c(F)c1. The lowest BCUT2D eigenvalue weighted by Gasteiger charge is -2.32. The number of amides is 2. The number of carbonyl (C=O) groups is 1. The molecule has 1 aromatic carbocycles. The molecule has 128 valence electrons. The minimum absolute atomic E-state index is 0.129. The largest absolute Gasteiger partial charge is 0.487 e. The molecule has 2 amide bonds. The van der Waals surface area contributed by atoms with Gasteiger partial charge in [0, 0.05) is 25.9 Å². The van der Waals surface area contributed by atoms with Crippen molar-refractivity contribution in [1.29, 1.82) is 5.26 Å². The van der Waals surface area contributed by atoms with Gasteiger partial charge in [0.15, 0.2) is 11.6 Å². The zero-order chi connectivity index (χ0) is 17.6. The normalized spacial score (nSPS) is 14.6. The molecule has 0 radical (unpaired) electrons. The standard InChI is InChI=1S/C17H16FN5O2/c18-15-9-12(10-19)1-2-16(15)25-14-4-7-23(8-5-14)17(24)22-13-3-6-20-21-11-13/h1-3,6,9,11,14H,4-5,7-8H2,(H,20,22,24). The zero-order valence-corrected chi connectivity index (χ0v) is 13.4. The highest BCUT2D eigenvalue weighted by Gasteiger charge is 2.24. The fraction of sp³-hybridized carbons (Fsp3) is 0.294.